The maximum atomic E-state index is 12.4. The predicted octanol–water partition coefficient (Wildman–Crippen LogP) is 2.74. The highest BCUT2D eigenvalue weighted by Crippen LogP contribution is 2.40. The van der Waals surface area contributed by atoms with E-state index in [0.717, 1.165) is 5.56 Å². The molecule has 2 unspecified atom stereocenters. The van der Waals surface area contributed by atoms with Crippen LogP contribution < -0.4 is 0 Å². The van der Waals surface area contributed by atoms with Crippen LogP contribution in [-0.2, 0) is 10.0 Å². The van der Waals surface area contributed by atoms with Gasteiger partial charge < -0.3 is 0 Å². The van der Waals surface area contributed by atoms with E-state index in [9.17, 15) is 8.42 Å². The Bertz CT molecular complexity index is 678. The van der Waals surface area contributed by atoms with E-state index in [0.29, 0.717) is 11.4 Å². The van der Waals surface area contributed by atoms with Crippen LogP contribution in [0.25, 0.3) is 0 Å². The Morgan fingerprint density at radius 1 is 1.00 bits per heavy atom. The van der Waals surface area contributed by atoms with Gasteiger partial charge in [-0.15, -0.1) is 0 Å². The summed E-state index contributed by atoms with van der Waals surface area (Å²) in [5.74, 6) is 0. The smallest absolute Gasteiger partial charge is 0.207 e. The molecule has 4 heteroatoms. The molecule has 1 aliphatic rings. The van der Waals surface area contributed by atoms with E-state index < -0.39 is 10.0 Å². The van der Waals surface area contributed by atoms with Gasteiger partial charge in [0.25, 0.3) is 0 Å². The van der Waals surface area contributed by atoms with E-state index in [4.69, 9.17) is 0 Å². The number of hydrogen-bond acceptors (Lipinski definition) is 2. The quantitative estimate of drug-likeness (QED) is 0.806. The van der Waals surface area contributed by atoms with Crippen LogP contribution in [0.5, 0.6) is 0 Å². The van der Waals surface area contributed by atoms with Crippen LogP contribution in [0.4, 0.5) is 0 Å². The van der Waals surface area contributed by atoms with Gasteiger partial charge in [0.1, 0.15) is 0 Å². The molecule has 0 bridgehead atoms. The molecule has 1 fully saturated rings. The summed E-state index contributed by atoms with van der Waals surface area (Å²) in [5.41, 5.74) is 2.24. The molecule has 0 saturated carbocycles. The summed E-state index contributed by atoms with van der Waals surface area (Å²) in [7, 11) is -3.34. The van der Waals surface area contributed by atoms with Crippen molar-refractivity contribution in [3.05, 3.63) is 65.7 Å². The Balaban J connectivity index is 1.85. The second-order valence-corrected chi connectivity index (χ2v) is 6.70. The van der Waals surface area contributed by atoms with E-state index >= 15 is 0 Å². The second-order valence-electron chi connectivity index (χ2n) is 4.81. The normalized spacial score (nSPS) is 22.2. The summed E-state index contributed by atoms with van der Waals surface area (Å²) in [6.07, 6.45) is 0. The van der Waals surface area contributed by atoms with Gasteiger partial charge in [-0.05, 0) is 24.6 Å². The van der Waals surface area contributed by atoms with Crippen molar-refractivity contribution in [1.82, 2.24) is 4.31 Å². The number of aryl methyl sites for hydroxylation is 1. The molecule has 3 rings (SSSR count). The average Bonchev–Trinajstić information content (AvgIpc) is 3.22. The first-order chi connectivity index (χ1) is 9.09. The number of sulfonamides is 1. The number of hydrogen-bond donors (Lipinski definition) is 0. The molecule has 0 N–H and O–H groups in total. The molecule has 0 aromatic heterocycles. The van der Waals surface area contributed by atoms with Crippen LogP contribution in [0.2, 0.25) is 0 Å². The fourth-order valence-corrected chi connectivity index (χ4v) is 3.74. The lowest BCUT2D eigenvalue weighted by Gasteiger charge is -2.06. The van der Waals surface area contributed by atoms with Gasteiger partial charge in [-0.3, -0.25) is 0 Å². The van der Waals surface area contributed by atoms with Gasteiger partial charge in [0.05, 0.1) is 10.9 Å². The van der Waals surface area contributed by atoms with Crippen molar-refractivity contribution in [1.29, 1.82) is 0 Å². The molecule has 1 heterocycles. The topological polar surface area (TPSA) is 37.1 Å². The zero-order chi connectivity index (χ0) is 13.5. The zero-order valence-electron chi connectivity index (χ0n) is 10.7. The Hall–Kier alpha value is -1.65. The Kier molecular flexibility index (Phi) is 2.92. The van der Waals surface area contributed by atoms with Gasteiger partial charge in [-0.1, -0.05) is 48.0 Å². The molecule has 3 nitrogen and oxygen atoms in total. The number of nitrogens with zero attached hydrogens (tertiary/aromatic N) is 1. The van der Waals surface area contributed by atoms with Crippen LogP contribution in [-0.4, -0.2) is 19.3 Å². The molecule has 2 aromatic carbocycles. The van der Waals surface area contributed by atoms with E-state index in [2.05, 4.69) is 0 Å². The van der Waals surface area contributed by atoms with Crippen molar-refractivity contribution in [2.45, 2.75) is 17.9 Å². The van der Waals surface area contributed by atoms with E-state index in [1.165, 1.54) is 9.87 Å². The molecule has 19 heavy (non-hydrogen) atoms. The third-order valence-electron chi connectivity index (χ3n) is 3.38. The third kappa shape index (κ3) is 2.29. The standard InChI is InChI=1S/C15H15NO2S/c1-12-7-9-13(10-8-12)15-11-16(15)19(17,18)14-5-3-2-4-6-14/h2-10,15H,11H2,1H3. The molecular weight excluding hydrogens is 258 g/mol. The zero-order valence-corrected chi connectivity index (χ0v) is 11.5. The molecule has 0 aliphatic carbocycles. The molecular formula is C15H15NO2S. The fraction of sp³-hybridized carbons (Fsp3) is 0.200. The van der Waals surface area contributed by atoms with Crippen LogP contribution in [0.15, 0.2) is 59.5 Å². The fourth-order valence-electron chi connectivity index (χ4n) is 2.18. The molecule has 98 valence electrons. The first-order valence-corrected chi connectivity index (χ1v) is 7.66. The summed E-state index contributed by atoms with van der Waals surface area (Å²) >= 11 is 0. The van der Waals surface area contributed by atoms with Crippen molar-refractivity contribution in [3.8, 4) is 0 Å². The molecule has 1 aliphatic heterocycles. The minimum Gasteiger partial charge on any atom is -0.207 e. The minimum atomic E-state index is -3.34. The molecule has 0 amide bonds. The van der Waals surface area contributed by atoms with Gasteiger partial charge >= 0.3 is 0 Å². The number of rotatable bonds is 3. The van der Waals surface area contributed by atoms with Crippen molar-refractivity contribution in [2.75, 3.05) is 6.54 Å². The molecule has 1 saturated heterocycles. The summed E-state index contributed by atoms with van der Waals surface area (Å²) < 4.78 is 26.3. The van der Waals surface area contributed by atoms with E-state index in [-0.39, 0.29) is 6.04 Å². The van der Waals surface area contributed by atoms with Gasteiger partial charge in [-0.25, -0.2) is 8.42 Å². The summed E-state index contributed by atoms with van der Waals surface area (Å²) in [5, 5.41) is 0. The Morgan fingerprint density at radius 3 is 2.26 bits per heavy atom. The van der Waals surface area contributed by atoms with Crippen LogP contribution in [0.1, 0.15) is 17.2 Å². The van der Waals surface area contributed by atoms with Gasteiger partial charge in [0.2, 0.25) is 10.0 Å². The Morgan fingerprint density at radius 2 is 1.63 bits per heavy atom. The molecule has 2 aromatic rings. The summed E-state index contributed by atoms with van der Waals surface area (Å²) in [6, 6.07) is 16.6. The van der Waals surface area contributed by atoms with E-state index in [1.807, 2.05) is 37.3 Å². The average molecular weight is 273 g/mol. The van der Waals surface area contributed by atoms with Crippen molar-refractivity contribution in [2.24, 2.45) is 0 Å². The van der Waals surface area contributed by atoms with Gasteiger partial charge in [0, 0.05) is 6.54 Å². The van der Waals surface area contributed by atoms with E-state index in [1.54, 1.807) is 24.3 Å². The van der Waals surface area contributed by atoms with Crippen LogP contribution in [0.3, 0.4) is 0 Å². The van der Waals surface area contributed by atoms with Crippen molar-refractivity contribution < 1.29 is 8.42 Å². The lowest BCUT2D eigenvalue weighted by atomic mass is 10.1. The first kappa shape index (κ1) is 12.4. The largest absolute Gasteiger partial charge is 0.243 e. The maximum absolute atomic E-state index is 12.4. The predicted molar refractivity (Wildman–Crippen MR) is 74.3 cm³/mol. The van der Waals surface area contributed by atoms with Crippen LogP contribution >= 0.6 is 0 Å². The monoisotopic (exact) mass is 273 g/mol. The highest BCUT2D eigenvalue weighted by Gasteiger charge is 2.45. The lowest BCUT2D eigenvalue weighted by Crippen LogP contribution is -2.12. The Labute approximate surface area is 113 Å². The third-order valence-corrected chi connectivity index (χ3v) is 5.27. The summed E-state index contributed by atoms with van der Waals surface area (Å²) in [4.78, 5) is 0.365. The number of benzene rings is 2. The van der Waals surface area contributed by atoms with Gasteiger partial charge in [0.15, 0.2) is 0 Å². The molecule has 0 radical (unpaired) electrons. The first-order valence-electron chi connectivity index (χ1n) is 6.22. The maximum Gasteiger partial charge on any atom is 0.243 e. The van der Waals surface area contributed by atoms with Gasteiger partial charge in [-0.2, -0.15) is 4.31 Å². The highest BCUT2D eigenvalue weighted by molar-refractivity contribution is 7.89. The highest BCUT2D eigenvalue weighted by atomic mass is 32.2. The molecule has 0 spiro atoms. The van der Waals surface area contributed by atoms with Crippen molar-refractivity contribution >= 4 is 10.0 Å². The SMILES string of the molecule is Cc1ccc(C2CN2S(=O)(=O)c2ccccc2)cc1. The summed E-state index contributed by atoms with van der Waals surface area (Å²) in [6.45, 7) is 2.59. The lowest BCUT2D eigenvalue weighted by molar-refractivity contribution is 0.554. The minimum absolute atomic E-state index is 0.00851. The van der Waals surface area contributed by atoms with Crippen molar-refractivity contribution in [3.63, 3.8) is 0 Å². The molecule has 2 atom stereocenters. The van der Waals surface area contributed by atoms with Crippen LogP contribution in [0, 0.1) is 6.92 Å². The second kappa shape index (κ2) is 4.47.